The van der Waals surface area contributed by atoms with Crippen LogP contribution in [0, 0.1) is 32.5 Å². The predicted molar refractivity (Wildman–Crippen MR) is 163 cm³/mol. The number of carbonyl (C=O) groups is 3. The van der Waals surface area contributed by atoms with Crippen molar-refractivity contribution in [3.8, 4) is 0 Å². The fraction of sp³-hybridized carbons (Fsp3) is 0.750. The van der Waals surface area contributed by atoms with Crippen LogP contribution in [0.25, 0.3) is 0 Å². The van der Waals surface area contributed by atoms with Gasteiger partial charge >= 0.3 is 0 Å². The van der Waals surface area contributed by atoms with Crippen LogP contribution in [0.4, 0.5) is 0 Å². The number of carbonyl (C=O) groups excluding carboxylic acids is 3. The van der Waals surface area contributed by atoms with Gasteiger partial charge in [-0.1, -0.05) is 125 Å². The Morgan fingerprint density at radius 1 is 0.450 bits per heavy atom. The molecule has 0 bridgehead atoms. The van der Waals surface area contributed by atoms with Crippen LogP contribution >= 0.6 is 0 Å². The summed E-state index contributed by atoms with van der Waals surface area (Å²) in [5.41, 5.74) is -2.51. The van der Waals surface area contributed by atoms with Crippen LogP contribution in [0.3, 0.4) is 0 Å². The SMILES string of the molecule is CC(C)(C)C(=O)/C=C(\O)C(C)(C)C.CC(C)(C)C(=O)/C=C(\O)C(C)(C)C.CC(C)(C)C(=O)N=C(O)C(C)(C)C.[Mn]. The quantitative estimate of drug-likeness (QED) is 0.0947. The second-order valence-electron chi connectivity index (χ2n) is 16.0. The number of aliphatic imine (C=N–C) groups is 1. The zero-order valence-electron chi connectivity index (χ0n) is 28.5. The van der Waals surface area contributed by atoms with Crippen molar-refractivity contribution < 1.29 is 46.8 Å². The maximum Gasteiger partial charge on any atom is 0.254 e. The molecule has 0 saturated heterocycles. The van der Waals surface area contributed by atoms with Gasteiger partial charge in [-0.3, -0.25) is 14.4 Å². The predicted octanol–water partition coefficient (Wildman–Crippen LogP) is 8.74. The van der Waals surface area contributed by atoms with E-state index in [-0.39, 0.29) is 62.8 Å². The second-order valence-corrected chi connectivity index (χ2v) is 16.0. The monoisotopic (exact) mass is 608 g/mol. The van der Waals surface area contributed by atoms with E-state index in [1.165, 1.54) is 12.2 Å². The van der Waals surface area contributed by atoms with E-state index in [2.05, 4.69) is 4.99 Å². The molecule has 8 heteroatoms. The molecule has 0 aliphatic carbocycles. The molecule has 0 aromatic rings. The molecular weight excluding hydrogens is 549 g/mol. The number of hydrogen-bond acceptors (Lipinski definition) is 5. The van der Waals surface area contributed by atoms with Gasteiger partial charge in [0, 0.05) is 61.7 Å². The first-order valence-electron chi connectivity index (χ1n) is 13.4. The zero-order chi connectivity index (χ0) is 32.6. The standard InChI is InChI=1S/2C11H20O2.C10H19NO2.Mn/c2*1-10(2,3)8(12)7-9(13)11(4,5)6;1-9(2,3)7(12)11-8(13)10(4,5)6;/h2*7,12H,1-6H3;1-6H3,(H,11,12,13);/b2*8-7-;;. The number of rotatable bonds is 2. The third-order valence-corrected chi connectivity index (χ3v) is 5.07. The van der Waals surface area contributed by atoms with Gasteiger partial charge in [0.25, 0.3) is 5.91 Å². The maximum atomic E-state index is 11.5. The summed E-state index contributed by atoms with van der Waals surface area (Å²) < 4.78 is 0. The van der Waals surface area contributed by atoms with E-state index < -0.39 is 21.7 Å². The number of nitrogens with zero attached hydrogens (tertiary/aromatic N) is 1. The minimum absolute atomic E-state index is 0. The van der Waals surface area contributed by atoms with Crippen molar-refractivity contribution in [2.45, 2.75) is 125 Å². The first kappa shape index (κ1) is 45.1. The van der Waals surface area contributed by atoms with Crippen molar-refractivity contribution in [1.29, 1.82) is 0 Å². The van der Waals surface area contributed by atoms with Gasteiger partial charge in [-0.15, -0.1) is 0 Å². The van der Waals surface area contributed by atoms with E-state index in [0.29, 0.717) is 0 Å². The topological polar surface area (TPSA) is 124 Å². The summed E-state index contributed by atoms with van der Waals surface area (Å²) >= 11 is 0. The summed E-state index contributed by atoms with van der Waals surface area (Å²) in [6.45, 7) is 33.0. The van der Waals surface area contributed by atoms with Gasteiger partial charge in [-0.25, -0.2) is 0 Å². The molecule has 0 aliphatic rings. The number of aliphatic hydroxyl groups is 3. The molecule has 40 heavy (non-hydrogen) atoms. The van der Waals surface area contributed by atoms with Crippen molar-refractivity contribution in [2.75, 3.05) is 0 Å². The molecule has 0 aromatic heterocycles. The Morgan fingerprint density at radius 2 is 0.700 bits per heavy atom. The zero-order valence-corrected chi connectivity index (χ0v) is 29.7. The first-order chi connectivity index (χ1) is 16.6. The smallest absolute Gasteiger partial charge is 0.254 e. The molecule has 0 atom stereocenters. The number of ketones is 2. The van der Waals surface area contributed by atoms with Crippen molar-refractivity contribution in [3.05, 3.63) is 23.7 Å². The largest absolute Gasteiger partial charge is 0.512 e. The van der Waals surface area contributed by atoms with E-state index >= 15 is 0 Å². The molecule has 1 radical (unpaired) electrons. The van der Waals surface area contributed by atoms with Gasteiger partial charge < -0.3 is 15.3 Å². The minimum atomic E-state index is -0.529. The Bertz CT molecular complexity index is 807. The van der Waals surface area contributed by atoms with Crippen molar-refractivity contribution in [2.24, 2.45) is 37.5 Å². The third kappa shape index (κ3) is 20.9. The fourth-order valence-electron chi connectivity index (χ4n) is 1.55. The van der Waals surface area contributed by atoms with E-state index in [1.54, 1.807) is 20.8 Å². The number of hydrogen-bond donors (Lipinski definition) is 3. The van der Waals surface area contributed by atoms with Crippen LogP contribution in [0.5, 0.6) is 0 Å². The van der Waals surface area contributed by atoms with Gasteiger partial charge in [-0.2, -0.15) is 4.99 Å². The molecule has 0 heterocycles. The molecule has 3 N–H and O–H groups in total. The molecule has 0 rings (SSSR count). The normalized spacial score (nSPS) is 14.1. The van der Waals surface area contributed by atoms with Gasteiger partial charge in [0.1, 0.15) is 11.5 Å². The summed E-state index contributed by atoms with van der Waals surface area (Å²) in [5, 5.41) is 28.6. The minimum Gasteiger partial charge on any atom is -0.512 e. The fourth-order valence-corrected chi connectivity index (χ4v) is 1.55. The van der Waals surface area contributed by atoms with Crippen LogP contribution in [0.2, 0.25) is 0 Å². The summed E-state index contributed by atoms with van der Waals surface area (Å²) in [4.78, 5) is 38.0. The van der Waals surface area contributed by atoms with E-state index in [1.807, 2.05) is 104 Å². The molecular formula is C32H59MnNO6. The van der Waals surface area contributed by atoms with E-state index in [4.69, 9.17) is 0 Å². The van der Waals surface area contributed by atoms with Crippen LogP contribution in [-0.2, 0) is 31.5 Å². The summed E-state index contributed by atoms with van der Waals surface area (Å²) in [6, 6.07) is 0. The van der Waals surface area contributed by atoms with E-state index in [9.17, 15) is 29.7 Å². The average Bonchev–Trinajstić information content (AvgIpc) is 2.64. The van der Waals surface area contributed by atoms with Gasteiger partial charge in [0.2, 0.25) is 0 Å². The Hall–Kier alpha value is -1.92. The van der Waals surface area contributed by atoms with Crippen molar-refractivity contribution in [3.63, 3.8) is 0 Å². The molecule has 0 aliphatic heterocycles. The van der Waals surface area contributed by atoms with Crippen LogP contribution < -0.4 is 0 Å². The molecule has 0 aromatic carbocycles. The Kier molecular flexibility index (Phi) is 17.9. The Morgan fingerprint density at radius 3 is 0.850 bits per heavy atom. The van der Waals surface area contributed by atoms with Crippen molar-refractivity contribution in [1.82, 2.24) is 0 Å². The molecule has 0 spiro atoms. The van der Waals surface area contributed by atoms with Crippen LogP contribution in [0.15, 0.2) is 28.7 Å². The summed E-state index contributed by atoms with van der Waals surface area (Å²) in [5.74, 6) is -0.188. The van der Waals surface area contributed by atoms with Gasteiger partial charge in [-0.05, 0) is 0 Å². The van der Waals surface area contributed by atoms with Crippen LogP contribution in [-0.4, -0.2) is 38.7 Å². The molecule has 235 valence electrons. The summed E-state index contributed by atoms with van der Waals surface area (Å²) in [7, 11) is 0. The molecule has 7 nitrogen and oxygen atoms in total. The molecule has 0 unspecified atom stereocenters. The number of aliphatic hydroxyl groups excluding tert-OH is 3. The maximum absolute atomic E-state index is 11.5. The van der Waals surface area contributed by atoms with E-state index in [0.717, 1.165) is 0 Å². The Labute approximate surface area is 255 Å². The second kappa shape index (κ2) is 15.9. The number of amides is 1. The van der Waals surface area contributed by atoms with Crippen molar-refractivity contribution >= 4 is 23.4 Å². The average molecular weight is 609 g/mol. The molecule has 0 saturated carbocycles. The Balaban J connectivity index is -0.000000240. The third-order valence-electron chi connectivity index (χ3n) is 5.07. The first-order valence-corrected chi connectivity index (χ1v) is 13.4. The summed E-state index contributed by atoms with van der Waals surface area (Å²) in [6.07, 6.45) is 2.67. The van der Waals surface area contributed by atoms with Crippen LogP contribution in [0.1, 0.15) is 125 Å². The van der Waals surface area contributed by atoms with Gasteiger partial charge in [0.05, 0.1) is 0 Å². The molecule has 0 fully saturated rings. The number of allylic oxidation sites excluding steroid dienone is 4. The molecule has 1 amide bonds. The van der Waals surface area contributed by atoms with Gasteiger partial charge in [0.15, 0.2) is 17.5 Å².